The maximum atomic E-state index is 12.5. The lowest BCUT2D eigenvalue weighted by molar-refractivity contribution is -0.137. The van der Waals surface area contributed by atoms with Gasteiger partial charge in [0.05, 0.1) is 5.56 Å². The summed E-state index contributed by atoms with van der Waals surface area (Å²) in [6, 6.07) is 5.77. The van der Waals surface area contributed by atoms with Crippen LogP contribution in [0.25, 0.3) is 0 Å². The van der Waals surface area contributed by atoms with Gasteiger partial charge in [0.2, 0.25) is 0 Å². The summed E-state index contributed by atoms with van der Waals surface area (Å²) in [6.45, 7) is 2.28. The van der Waals surface area contributed by atoms with E-state index in [9.17, 15) is 13.2 Å². The molecule has 104 valence electrons. The molecule has 1 aliphatic carbocycles. The number of hydrogen-bond donors (Lipinski definition) is 0. The zero-order valence-electron chi connectivity index (χ0n) is 11.0. The van der Waals surface area contributed by atoms with Crippen molar-refractivity contribution in [2.75, 3.05) is 20.1 Å². The normalized spacial score (nSPS) is 31.7. The van der Waals surface area contributed by atoms with Crippen molar-refractivity contribution in [2.45, 2.75) is 24.9 Å². The Bertz CT molecular complexity index is 437. The minimum atomic E-state index is -4.23. The van der Waals surface area contributed by atoms with Crippen molar-refractivity contribution >= 4 is 0 Å². The molecule has 1 heterocycles. The van der Waals surface area contributed by atoms with Crippen LogP contribution in [0.1, 0.15) is 29.9 Å². The molecule has 1 aromatic rings. The van der Waals surface area contributed by atoms with Crippen LogP contribution in [0.5, 0.6) is 0 Å². The molecule has 3 rings (SSSR count). The third kappa shape index (κ3) is 2.50. The Labute approximate surface area is 111 Å². The van der Waals surface area contributed by atoms with E-state index in [1.165, 1.54) is 12.1 Å². The summed E-state index contributed by atoms with van der Waals surface area (Å²) >= 11 is 0. The first-order chi connectivity index (χ1) is 8.93. The maximum Gasteiger partial charge on any atom is 0.416 e. The van der Waals surface area contributed by atoms with Gasteiger partial charge in [0.15, 0.2) is 0 Å². The van der Waals surface area contributed by atoms with Gasteiger partial charge in [-0.05, 0) is 55.3 Å². The fraction of sp³-hybridized carbons (Fsp3) is 0.600. The van der Waals surface area contributed by atoms with Gasteiger partial charge < -0.3 is 4.90 Å². The fourth-order valence-corrected chi connectivity index (χ4v) is 3.75. The van der Waals surface area contributed by atoms with E-state index in [0.717, 1.165) is 43.3 Å². The fourth-order valence-electron chi connectivity index (χ4n) is 3.75. The van der Waals surface area contributed by atoms with E-state index in [4.69, 9.17) is 0 Å². The molecule has 0 aromatic heterocycles. The van der Waals surface area contributed by atoms with Gasteiger partial charge in [0, 0.05) is 13.1 Å². The lowest BCUT2D eigenvalue weighted by Gasteiger charge is -2.15. The van der Waals surface area contributed by atoms with Crippen LogP contribution in [-0.4, -0.2) is 25.0 Å². The summed E-state index contributed by atoms with van der Waals surface area (Å²) in [4.78, 5) is 2.36. The third-order valence-corrected chi connectivity index (χ3v) is 4.64. The average Bonchev–Trinajstić information content (AvgIpc) is 2.85. The maximum absolute atomic E-state index is 12.5. The van der Waals surface area contributed by atoms with Crippen molar-refractivity contribution in [1.29, 1.82) is 0 Å². The molecule has 4 heteroatoms. The topological polar surface area (TPSA) is 3.24 Å². The predicted molar refractivity (Wildman–Crippen MR) is 67.9 cm³/mol. The van der Waals surface area contributed by atoms with Crippen LogP contribution in [0.15, 0.2) is 24.3 Å². The van der Waals surface area contributed by atoms with E-state index in [-0.39, 0.29) is 0 Å². The molecular formula is C15H18F3N. The summed E-state index contributed by atoms with van der Waals surface area (Å²) in [7, 11) is 2.14. The van der Waals surface area contributed by atoms with Crippen molar-refractivity contribution in [3.8, 4) is 0 Å². The summed E-state index contributed by atoms with van der Waals surface area (Å²) < 4.78 is 37.6. The number of benzene rings is 1. The van der Waals surface area contributed by atoms with Gasteiger partial charge in [-0.2, -0.15) is 13.2 Å². The standard InChI is InChI=1S/C15H18F3N/c1-19-8-12-6-11(7-13(12)9-19)10-2-4-14(5-3-10)15(16,17)18/h2-5,11-13H,6-9H2,1H3. The second-order valence-electron chi connectivity index (χ2n) is 6.03. The monoisotopic (exact) mass is 269 g/mol. The van der Waals surface area contributed by atoms with Crippen molar-refractivity contribution in [2.24, 2.45) is 11.8 Å². The van der Waals surface area contributed by atoms with Gasteiger partial charge >= 0.3 is 6.18 Å². The van der Waals surface area contributed by atoms with Crippen LogP contribution in [0.4, 0.5) is 13.2 Å². The Balaban J connectivity index is 1.71. The van der Waals surface area contributed by atoms with Gasteiger partial charge in [-0.25, -0.2) is 0 Å². The molecule has 19 heavy (non-hydrogen) atoms. The van der Waals surface area contributed by atoms with Crippen LogP contribution in [-0.2, 0) is 6.18 Å². The summed E-state index contributed by atoms with van der Waals surface area (Å²) in [6.07, 6.45) is -1.98. The van der Waals surface area contributed by atoms with Crippen molar-refractivity contribution in [3.05, 3.63) is 35.4 Å². The predicted octanol–water partition coefficient (Wildman–Crippen LogP) is 3.76. The number of alkyl halides is 3. The molecule has 0 spiro atoms. The van der Waals surface area contributed by atoms with Gasteiger partial charge in [0.1, 0.15) is 0 Å². The lowest BCUT2D eigenvalue weighted by atomic mass is 9.95. The van der Waals surface area contributed by atoms with Gasteiger partial charge in [-0.15, -0.1) is 0 Å². The number of nitrogens with zero attached hydrogens (tertiary/aromatic N) is 1. The Morgan fingerprint density at radius 1 is 1.00 bits per heavy atom. The van der Waals surface area contributed by atoms with E-state index in [1.807, 2.05) is 0 Å². The Kier molecular flexibility index (Phi) is 3.08. The van der Waals surface area contributed by atoms with Crippen molar-refractivity contribution in [3.63, 3.8) is 0 Å². The zero-order valence-corrected chi connectivity index (χ0v) is 11.0. The molecule has 1 aromatic carbocycles. The molecular weight excluding hydrogens is 251 g/mol. The highest BCUT2D eigenvalue weighted by atomic mass is 19.4. The molecule has 2 fully saturated rings. The highest BCUT2D eigenvalue weighted by Gasteiger charge is 2.40. The quantitative estimate of drug-likeness (QED) is 0.750. The first-order valence-corrected chi connectivity index (χ1v) is 6.79. The molecule has 1 saturated carbocycles. The molecule has 0 N–H and O–H groups in total. The largest absolute Gasteiger partial charge is 0.416 e. The molecule has 1 nitrogen and oxygen atoms in total. The van der Waals surface area contributed by atoms with Crippen LogP contribution >= 0.6 is 0 Å². The zero-order chi connectivity index (χ0) is 13.6. The highest BCUT2D eigenvalue weighted by Crippen LogP contribution is 2.46. The molecule has 0 bridgehead atoms. The lowest BCUT2D eigenvalue weighted by Crippen LogP contribution is -2.16. The van der Waals surface area contributed by atoms with Gasteiger partial charge in [-0.1, -0.05) is 12.1 Å². The highest BCUT2D eigenvalue weighted by molar-refractivity contribution is 5.28. The Morgan fingerprint density at radius 3 is 2.00 bits per heavy atom. The van der Waals surface area contributed by atoms with Crippen LogP contribution in [0.3, 0.4) is 0 Å². The number of hydrogen-bond acceptors (Lipinski definition) is 1. The molecule has 2 unspecified atom stereocenters. The van der Waals surface area contributed by atoms with E-state index in [1.54, 1.807) is 12.1 Å². The minimum absolute atomic E-state index is 0.450. The molecule has 0 amide bonds. The molecule has 1 saturated heterocycles. The molecule has 1 aliphatic heterocycles. The first kappa shape index (κ1) is 13.0. The second kappa shape index (κ2) is 4.51. The van der Waals surface area contributed by atoms with Crippen LogP contribution < -0.4 is 0 Å². The molecule has 2 aliphatic rings. The van der Waals surface area contributed by atoms with Gasteiger partial charge in [0.25, 0.3) is 0 Å². The number of fused-ring (bicyclic) bond motifs is 1. The molecule has 0 radical (unpaired) electrons. The summed E-state index contributed by atoms with van der Waals surface area (Å²) in [5.74, 6) is 1.92. The average molecular weight is 269 g/mol. The van der Waals surface area contributed by atoms with E-state index < -0.39 is 11.7 Å². The van der Waals surface area contributed by atoms with Crippen LogP contribution in [0, 0.1) is 11.8 Å². The van der Waals surface area contributed by atoms with E-state index in [0.29, 0.717) is 5.92 Å². The summed E-state index contributed by atoms with van der Waals surface area (Å²) in [5.41, 5.74) is 0.527. The van der Waals surface area contributed by atoms with Crippen LogP contribution in [0.2, 0.25) is 0 Å². The van der Waals surface area contributed by atoms with Crippen molar-refractivity contribution < 1.29 is 13.2 Å². The van der Waals surface area contributed by atoms with Gasteiger partial charge in [-0.3, -0.25) is 0 Å². The number of halogens is 3. The van der Waals surface area contributed by atoms with Crippen molar-refractivity contribution in [1.82, 2.24) is 4.90 Å². The Morgan fingerprint density at radius 2 is 1.53 bits per heavy atom. The third-order valence-electron chi connectivity index (χ3n) is 4.64. The smallest absolute Gasteiger partial charge is 0.306 e. The first-order valence-electron chi connectivity index (χ1n) is 6.79. The van der Waals surface area contributed by atoms with E-state index in [2.05, 4.69) is 11.9 Å². The SMILES string of the molecule is CN1CC2CC(c3ccc(C(F)(F)F)cc3)CC2C1. The minimum Gasteiger partial charge on any atom is -0.306 e. The second-order valence-corrected chi connectivity index (χ2v) is 6.03. The summed E-state index contributed by atoms with van der Waals surface area (Å²) in [5, 5.41) is 0. The molecule has 2 atom stereocenters. The number of rotatable bonds is 1. The van der Waals surface area contributed by atoms with E-state index >= 15 is 0 Å². The Hall–Kier alpha value is -1.03. The number of likely N-dealkylation sites (tertiary alicyclic amines) is 1.